The molecule has 0 saturated heterocycles. The molecule has 0 spiro atoms. The highest BCUT2D eigenvalue weighted by Crippen LogP contribution is 2.45. The lowest BCUT2D eigenvalue weighted by Gasteiger charge is -2.29. The van der Waals surface area contributed by atoms with Crippen LogP contribution in [0.5, 0.6) is 0 Å². The van der Waals surface area contributed by atoms with E-state index in [-0.39, 0.29) is 42.6 Å². The number of rotatable bonds is 4. The number of hydrogen-bond donors (Lipinski definition) is 0. The maximum atomic E-state index is 14.1. The Bertz CT molecular complexity index is 2150. The van der Waals surface area contributed by atoms with E-state index in [0.717, 1.165) is 86.3 Å². The summed E-state index contributed by atoms with van der Waals surface area (Å²) < 4.78 is 0. The molecule has 4 aromatic carbocycles. The largest absolute Gasteiger partial charge is 0.339 e. The van der Waals surface area contributed by atoms with E-state index in [2.05, 4.69) is 132 Å². The third kappa shape index (κ3) is 13.3. The zero-order valence-corrected chi connectivity index (χ0v) is 47.8. The first-order chi connectivity index (χ1) is 31.1. The molecule has 0 heterocycles. The van der Waals surface area contributed by atoms with Crippen LogP contribution in [0.2, 0.25) is 0 Å². The Labute approximate surface area is 425 Å². The van der Waals surface area contributed by atoms with E-state index >= 15 is 0 Å². The zero-order valence-electron chi connectivity index (χ0n) is 44.5. The van der Waals surface area contributed by atoms with E-state index in [0.29, 0.717) is 25.7 Å². The second-order valence-corrected chi connectivity index (χ2v) is 27.1. The van der Waals surface area contributed by atoms with Gasteiger partial charge in [-0.15, -0.1) is 0 Å². The van der Waals surface area contributed by atoms with Crippen molar-refractivity contribution < 1.29 is 19.2 Å². The Morgan fingerprint density at radius 2 is 0.441 bits per heavy atom. The Hall–Kier alpha value is -3.84. The van der Waals surface area contributed by atoms with Crippen LogP contribution in [0.4, 0.5) is 19.2 Å². The van der Waals surface area contributed by atoms with Gasteiger partial charge in [-0.2, -0.15) is 0 Å². The lowest BCUT2D eigenvalue weighted by molar-refractivity contribution is 0.240. The molecule has 0 aromatic heterocycles. The number of fused-ring (bicyclic) bond motifs is 8. The molecule has 0 radical (unpaired) electrons. The molecular weight excluding hydrogens is 921 g/mol. The van der Waals surface area contributed by atoms with Crippen LogP contribution in [0.1, 0.15) is 150 Å². The van der Waals surface area contributed by atoms with Crippen molar-refractivity contribution >= 4 is 68.0 Å². The van der Waals surface area contributed by atoms with Crippen molar-refractivity contribution in [3.05, 3.63) is 115 Å². The zero-order chi connectivity index (χ0) is 51.2. The van der Waals surface area contributed by atoms with Gasteiger partial charge in [-0.25, -0.2) is 0 Å². The van der Waals surface area contributed by atoms with Crippen LogP contribution in [-0.2, 0) is 47.3 Å². The fourth-order valence-corrected chi connectivity index (χ4v) is 11.4. The standard InChI is InChI=1S/C56H76N4O4S4/c1-53(2,3)41-25-33-21-35-27-42(54(4,5)6)29-37(46(35)66-50(62)58(15)16)23-39-31-44(56(10,11)12)32-40(48(39)68-52(64)60(19)20)24-38-30-43(55(7,8)9)28-36(47(38)67-51(63)59(17)18)22-34(26-41)45(33)65-49(61)57(13)14/h25-32H,21-24H2,1-20H3. The molecule has 368 valence electrons. The fourth-order valence-electron chi connectivity index (χ4n) is 7.86. The Kier molecular flexibility index (Phi) is 16.9. The van der Waals surface area contributed by atoms with Crippen molar-refractivity contribution in [1.82, 2.24) is 19.6 Å². The summed E-state index contributed by atoms with van der Waals surface area (Å²) in [7, 11) is 14.3. The van der Waals surface area contributed by atoms with Gasteiger partial charge >= 0.3 is 0 Å². The normalized spacial score (nSPS) is 13.2. The van der Waals surface area contributed by atoms with Crippen molar-refractivity contribution in [1.29, 1.82) is 0 Å². The second-order valence-electron chi connectivity index (χ2n) is 23.3. The monoisotopic (exact) mass is 996 g/mol. The summed E-state index contributed by atoms with van der Waals surface area (Å²) in [5.41, 5.74) is 11.6. The van der Waals surface area contributed by atoms with Gasteiger partial charge < -0.3 is 19.6 Å². The average molecular weight is 998 g/mol. The van der Waals surface area contributed by atoms with E-state index in [9.17, 15) is 19.2 Å². The summed E-state index contributed by atoms with van der Waals surface area (Å²) >= 11 is 5.01. The lowest BCUT2D eigenvalue weighted by Crippen LogP contribution is -2.20. The molecule has 1 aliphatic rings. The second kappa shape index (κ2) is 20.9. The van der Waals surface area contributed by atoms with Gasteiger partial charge in [0.2, 0.25) is 0 Å². The van der Waals surface area contributed by atoms with Gasteiger partial charge in [0.25, 0.3) is 21.0 Å². The number of hydrogen-bond acceptors (Lipinski definition) is 8. The molecule has 4 aromatic rings. The average Bonchev–Trinajstić information content (AvgIpc) is 3.19. The summed E-state index contributed by atoms with van der Waals surface area (Å²) in [6.07, 6.45) is 1.84. The molecule has 0 aliphatic heterocycles. The van der Waals surface area contributed by atoms with Crippen LogP contribution in [0.3, 0.4) is 0 Å². The molecule has 5 rings (SSSR count). The van der Waals surface area contributed by atoms with Crippen LogP contribution in [0.25, 0.3) is 0 Å². The maximum absolute atomic E-state index is 14.1. The van der Waals surface area contributed by atoms with Gasteiger partial charge in [0.05, 0.1) is 0 Å². The summed E-state index contributed by atoms with van der Waals surface area (Å²) in [5.74, 6) is 0. The van der Waals surface area contributed by atoms with Gasteiger partial charge in [-0.3, -0.25) is 19.2 Å². The molecule has 0 atom stereocenters. The van der Waals surface area contributed by atoms with Gasteiger partial charge in [0.1, 0.15) is 0 Å². The third-order valence-corrected chi connectivity index (χ3v) is 17.2. The van der Waals surface area contributed by atoms with Crippen LogP contribution in [0.15, 0.2) is 68.1 Å². The Morgan fingerprint density at radius 1 is 0.309 bits per heavy atom. The Morgan fingerprint density at radius 3 is 0.544 bits per heavy atom. The molecule has 0 fully saturated rings. The predicted octanol–water partition coefficient (Wildman–Crippen LogP) is 14.6. The molecule has 8 bridgehead atoms. The van der Waals surface area contributed by atoms with Crippen molar-refractivity contribution in [2.24, 2.45) is 0 Å². The van der Waals surface area contributed by atoms with Crippen LogP contribution in [-0.4, -0.2) is 96.9 Å². The highest BCUT2D eigenvalue weighted by Gasteiger charge is 2.31. The Balaban J connectivity index is 2.12. The highest BCUT2D eigenvalue weighted by atomic mass is 32.2. The maximum Gasteiger partial charge on any atom is 0.285 e. The van der Waals surface area contributed by atoms with Gasteiger partial charge in [0, 0.05) is 76.0 Å². The van der Waals surface area contributed by atoms with E-state index in [1.165, 1.54) is 47.0 Å². The van der Waals surface area contributed by atoms with E-state index in [1.54, 1.807) is 76.0 Å². The van der Waals surface area contributed by atoms with Gasteiger partial charge in [-0.05, 0) is 161 Å². The van der Waals surface area contributed by atoms with Crippen LogP contribution >= 0.6 is 47.0 Å². The molecule has 0 N–H and O–H groups in total. The van der Waals surface area contributed by atoms with Gasteiger partial charge in [-0.1, -0.05) is 132 Å². The lowest BCUT2D eigenvalue weighted by atomic mass is 9.80. The third-order valence-electron chi connectivity index (χ3n) is 12.2. The number of carbonyl (C=O) groups is 4. The minimum absolute atomic E-state index is 0.0844. The minimum Gasteiger partial charge on any atom is -0.339 e. The van der Waals surface area contributed by atoms with E-state index in [4.69, 9.17) is 0 Å². The van der Waals surface area contributed by atoms with Crippen molar-refractivity contribution in [2.45, 2.75) is 150 Å². The molecule has 8 nitrogen and oxygen atoms in total. The molecule has 0 unspecified atom stereocenters. The van der Waals surface area contributed by atoms with Crippen molar-refractivity contribution in [2.75, 3.05) is 56.4 Å². The molecule has 12 heteroatoms. The first kappa shape index (κ1) is 55.1. The smallest absolute Gasteiger partial charge is 0.285 e. The minimum atomic E-state index is -0.252. The molecule has 1 aliphatic carbocycles. The topological polar surface area (TPSA) is 81.2 Å². The number of benzene rings is 4. The van der Waals surface area contributed by atoms with Crippen molar-refractivity contribution in [3.63, 3.8) is 0 Å². The van der Waals surface area contributed by atoms with E-state index < -0.39 is 0 Å². The summed E-state index contributed by atoms with van der Waals surface area (Å²) in [6, 6.07) is 18.2. The first-order valence-corrected chi connectivity index (χ1v) is 26.6. The summed E-state index contributed by atoms with van der Waals surface area (Å²) in [6.45, 7) is 26.7. The molecule has 68 heavy (non-hydrogen) atoms. The number of amides is 4. The molecular formula is C56H76N4O4S4. The SMILES string of the molecule is CN(C)C(=O)Sc1c2cc(C(C)(C)C)cc1Cc1cc(C(C)(C)C)cc(c1SC(=O)N(C)C)Cc1cc(C(C)(C)C)cc(c1SC(=O)N(C)C)Cc1cc(C(C)(C)C)cc(c1SC(=O)N(C)C)C2. The number of thioether (sulfide) groups is 4. The van der Waals surface area contributed by atoms with Crippen LogP contribution < -0.4 is 0 Å². The number of nitrogens with zero attached hydrogens (tertiary/aromatic N) is 4. The van der Waals surface area contributed by atoms with Crippen molar-refractivity contribution in [3.8, 4) is 0 Å². The molecule has 0 saturated carbocycles. The highest BCUT2D eigenvalue weighted by molar-refractivity contribution is 8.14. The quantitative estimate of drug-likeness (QED) is 0.165. The van der Waals surface area contributed by atoms with Gasteiger partial charge in [0.15, 0.2) is 0 Å². The fraction of sp³-hybridized carbons (Fsp3) is 0.500. The van der Waals surface area contributed by atoms with E-state index in [1.807, 2.05) is 0 Å². The summed E-state index contributed by atoms with van der Waals surface area (Å²) in [4.78, 5) is 66.4. The van der Waals surface area contributed by atoms with Crippen LogP contribution in [0, 0.1) is 0 Å². The molecule has 4 amide bonds. The predicted molar refractivity (Wildman–Crippen MR) is 292 cm³/mol. The number of carbonyl (C=O) groups excluding carboxylic acids is 4. The summed E-state index contributed by atoms with van der Waals surface area (Å²) in [5, 5.41) is -0.337. The first-order valence-electron chi connectivity index (χ1n) is 23.4.